The fraction of sp³-hybridized carbons (Fsp3) is 0.200. The average molecular weight is 304 g/mol. The number of anilines is 1. The quantitative estimate of drug-likeness (QED) is 0.869. The normalized spacial score (nSPS) is 17.5. The van der Waals surface area contributed by atoms with Crippen molar-refractivity contribution in [2.45, 2.75) is 18.9 Å². The van der Waals surface area contributed by atoms with Crippen LogP contribution < -0.4 is 5.32 Å². The zero-order valence-corrected chi connectivity index (χ0v) is 11.4. The highest BCUT2D eigenvalue weighted by Gasteiger charge is 2.22. The van der Waals surface area contributed by atoms with Crippen LogP contribution in [-0.2, 0) is 6.42 Å². The Hall–Kier alpha value is -1.48. The highest BCUT2D eigenvalue weighted by Crippen LogP contribution is 2.35. The maximum Gasteiger partial charge on any atom is 0.115 e. The van der Waals surface area contributed by atoms with E-state index in [-0.39, 0.29) is 0 Å². The van der Waals surface area contributed by atoms with E-state index < -0.39 is 0 Å². The lowest BCUT2D eigenvalue weighted by Gasteiger charge is -2.15. The Labute approximate surface area is 115 Å². The Kier molecular flexibility index (Phi) is 3.00. The van der Waals surface area contributed by atoms with Crippen molar-refractivity contribution in [1.82, 2.24) is 0 Å². The third-order valence-corrected chi connectivity index (χ3v) is 3.92. The predicted molar refractivity (Wildman–Crippen MR) is 76.9 cm³/mol. The summed E-state index contributed by atoms with van der Waals surface area (Å²) in [5.74, 6) is 0.359. The molecule has 0 bridgehead atoms. The van der Waals surface area contributed by atoms with Crippen LogP contribution in [0.1, 0.15) is 23.6 Å². The molecule has 0 saturated heterocycles. The monoisotopic (exact) mass is 303 g/mol. The number of phenolic OH excluding ortho intramolecular Hbond substituents is 1. The van der Waals surface area contributed by atoms with E-state index in [2.05, 4.69) is 33.4 Å². The molecule has 3 rings (SSSR count). The van der Waals surface area contributed by atoms with Gasteiger partial charge in [-0.3, -0.25) is 0 Å². The molecule has 0 spiro atoms. The van der Waals surface area contributed by atoms with Gasteiger partial charge in [0.15, 0.2) is 0 Å². The third-order valence-electron chi connectivity index (χ3n) is 3.39. The minimum atomic E-state index is 0.349. The summed E-state index contributed by atoms with van der Waals surface area (Å²) in [5, 5.41) is 13.0. The van der Waals surface area contributed by atoms with Crippen LogP contribution in [0.3, 0.4) is 0 Å². The summed E-state index contributed by atoms with van der Waals surface area (Å²) in [5.41, 5.74) is 3.68. The number of halogens is 1. The van der Waals surface area contributed by atoms with Crippen LogP contribution in [0.15, 0.2) is 46.9 Å². The zero-order chi connectivity index (χ0) is 12.5. The number of benzene rings is 2. The minimum absolute atomic E-state index is 0.349. The number of rotatable bonds is 2. The molecule has 0 aliphatic heterocycles. The molecule has 1 aliphatic carbocycles. The molecule has 3 heteroatoms. The molecule has 2 aromatic rings. The molecule has 0 amide bonds. The highest BCUT2D eigenvalue weighted by molar-refractivity contribution is 9.10. The zero-order valence-electron chi connectivity index (χ0n) is 9.86. The maximum absolute atomic E-state index is 9.48. The predicted octanol–water partition coefficient (Wildman–Crippen LogP) is 4.25. The Morgan fingerprint density at radius 2 is 1.89 bits per heavy atom. The number of fused-ring (bicyclic) bond motifs is 1. The topological polar surface area (TPSA) is 32.3 Å². The number of aromatic hydroxyl groups is 1. The van der Waals surface area contributed by atoms with Gasteiger partial charge in [0.25, 0.3) is 0 Å². The molecule has 92 valence electrons. The molecule has 0 saturated carbocycles. The van der Waals surface area contributed by atoms with Gasteiger partial charge in [-0.15, -0.1) is 0 Å². The number of nitrogens with one attached hydrogen (secondary N) is 1. The number of hydrogen-bond acceptors (Lipinski definition) is 2. The largest absolute Gasteiger partial charge is 0.508 e. The van der Waals surface area contributed by atoms with E-state index in [1.54, 1.807) is 6.07 Å². The van der Waals surface area contributed by atoms with Gasteiger partial charge in [-0.2, -0.15) is 0 Å². The molecule has 0 fully saturated rings. The second-order valence-electron chi connectivity index (χ2n) is 4.63. The van der Waals surface area contributed by atoms with E-state index in [0.717, 1.165) is 23.0 Å². The van der Waals surface area contributed by atoms with Crippen molar-refractivity contribution in [1.29, 1.82) is 0 Å². The van der Waals surface area contributed by atoms with Crippen molar-refractivity contribution in [3.05, 3.63) is 58.1 Å². The molecule has 0 heterocycles. The fourth-order valence-electron chi connectivity index (χ4n) is 2.50. The molecular formula is C15H14BrNO. The van der Waals surface area contributed by atoms with E-state index >= 15 is 0 Å². The van der Waals surface area contributed by atoms with Gasteiger partial charge in [0.05, 0.1) is 6.04 Å². The lowest BCUT2D eigenvalue weighted by atomic mass is 10.1. The molecule has 1 unspecified atom stereocenters. The van der Waals surface area contributed by atoms with Gasteiger partial charge in [0, 0.05) is 10.2 Å². The van der Waals surface area contributed by atoms with Gasteiger partial charge in [-0.1, -0.05) is 22.0 Å². The molecule has 0 radical (unpaired) electrons. The van der Waals surface area contributed by atoms with E-state index in [1.165, 1.54) is 11.1 Å². The average Bonchev–Trinajstić information content (AvgIpc) is 2.74. The van der Waals surface area contributed by atoms with E-state index in [4.69, 9.17) is 0 Å². The van der Waals surface area contributed by atoms with Crippen LogP contribution in [-0.4, -0.2) is 5.11 Å². The molecule has 2 N–H and O–H groups in total. The third kappa shape index (κ3) is 2.23. The van der Waals surface area contributed by atoms with E-state index in [0.29, 0.717) is 11.8 Å². The summed E-state index contributed by atoms with van der Waals surface area (Å²) >= 11 is 3.44. The van der Waals surface area contributed by atoms with Crippen molar-refractivity contribution >= 4 is 21.6 Å². The SMILES string of the molecule is Oc1ccc2c(c1)CCC2Nc1ccc(Br)cc1. The number of hydrogen-bond donors (Lipinski definition) is 2. The molecule has 18 heavy (non-hydrogen) atoms. The molecule has 1 aliphatic rings. The lowest BCUT2D eigenvalue weighted by molar-refractivity contribution is 0.474. The standard InChI is InChI=1S/C15H14BrNO/c16-11-2-4-12(5-3-11)17-15-8-1-10-9-13(18)6-7-14(10)15/h2-7,9,15,17-18H,1,8H2. The van der Waals surface area contributed by atoms with E-state index in [9.17, 15) is 5.11 Å². The first kappa shape index (κ1) is 11.6. The van der Waals surface area contributed by atoms with Gasteiger partial charge < -0.3 is 10.4 Å². The van der Waals surface area contributed by atoms with Gasteiger partial charge >= 0.3 is 0 Å². The van der Waals surface area contributed by atoms with Crippen LogP contribution >= 0.6 is 15.9 Å². The number of aryl methyl sites for hydroxylation is 1. The molecular weight excluding hydrogens is 290 g/mol. The second-order valence-corrected chi connectivity index (χ2v) is 5.54. The van der Waals surface area contributed by atoms with Crippen molar-refractivity contribution in [3.63, 3.8) is 0 Å². The van der Waals surface area contributed by atoms with Gasteiger partial charge in [0.2, 0.25) is 0 Å². The summed E-state index contributed by atoms with van der Waals surface area (Å²) in [6.45, 7) is 0. The first-order chi connectivity index (χ1) is 8.72. The van der Waals surface area contributed by atoms with Crippen molar-refractivity contribution in [3.8, 4) is 5.75 Å². The molecule has 1 atom stereocenters. The minimum Gasteiger partial charge on any atom is -0.508 e. The molecule has 2 nitrogen and oxygen atoms in total. The Bertz CT molecular complexity index is 565. The Morgan fingerprint density at radius 1 is 1.11 bits per heavy atom. The lowest BCUT2D eigenvalue weighted by Crippen LogP contribution is -2.06. The summed E-state index contributed by atoms with van der Waals surface area (Å²) in [6, 6.07) is 14.2. The van der Waals surface area contributed by atoms with Gasteiger partial charge in [-0.05, 0) is 60.4 Å². The summed E-state index contributed by atoms with van der Waals surface area (Å²) in [7, 11) is 0. The number of phenols is 1. The first-order valence-electron chi connectivity index (χ1n) is 6.06. The molecule has 0 aromatic heterocycles. The van der Waals surface area contributed by atoms with Crippen molar-refractivity contribution < 1.29 is 5.11 Å². The van der Waals surface area contributed by atoms with E-state index in [1.807, 2.05) is 24.3 Å². The van der Waals surface area contributed by atoms with Crippen LogP contribution in [0.5, 0.6) is 5.75 Å². The smallest absolute Gasteiger partial charge is 0.115 e. The fourth-order valence-corrected chi connectivity index (χ4v) is 2.77. The van der Waals surface area contributed by atoms with Crippen molar-refractivity contribution in [2.75, 3.05) is 5.32 Å². The van der Waals surface area contributed by atoms with Crippen LogP contribution in [0.2, 0.25) is 0 Å². The van der Waals surface area contributed by atoms with Gasteiger partial charge in [-0.25, -0.2) is 0 Å². The first-order valence-corrected chi connectivity index (χ1v) is 6.85. The molecule has 2 aromatic carbocycles. The second kappa shape index (κ2) is 4.65. The van der Waals surface area contributed by atoms with Gasteiger partial charge in [0.1, 0.15) is 5.75 Å². The van der Waals surface area contributed by atoms with Crippen LogP contribution in [0.4, 0.5) is 5.69 Å². The summed E-state index contributed by atoms with van der Waals surface area (Å²) in [4.78, 5) is 0. The van der Waals surface area contributed by atoms with Crippen LogP contribution in [0, 0.1) is 0 Å². The Balaban J connectivity index is 1.82. The Morgan fingerprint density at radius 3 is 2.67 bits per heavy atom. The highest BCUT2D eigenvalue weighted by atomic mass is 79.9. The van der Waals surface area contributed by atoms with Crippen LogP contribution in [0.25, 0.3) is 0 Å². The van der Waals surface area contributed by atoms with Crippen molar-refractivity contribution in [2.24, 2.45) is 0 Å². The summed E-state index contributed by atoms with van der Waals surface area (Å²) < 4.78 is 1.09. The summed E-state index contributed by atoms with van der Waals surface area (Å²) in [6.07, 6.45) is 2.10. The maximum atomic E-state index is 9.48.